The van der Waals surface area contributed by atoms with Crippen LogP contribution in [0.5, 0.6) is 0 Å². The fourth-order valence-corrected chi connectivity index (χ4v) is 2.25. The Morgan fingerprint density at radius 1 is 1.70 bits per heavy atom. The van der Waals surface area contributed by atoms with E-state index in [-0.39, 0.29) is 0 Å². The topological polar surface area (TPSA) is 12.0 Å². The molecule has 0 radical (unpaired) electrons. The van der Waals surface area contributed by atoms with Gasteiger partial charge in [-0.15, -0.1) is 11.3 Å². The highest BCUT2D eigenvalue weighted by atomic mass is 32.1. The van der Waals surface area contributed by atoms with Crippen molar-refractivity contribution in [2.45, 2.75) is 18.9 Å². The summed E-state index contributed by atoms with van der Waals surface area (Å²) in [7, 11) is 0. The number of hydrogen-bond acceptors (Lipinski definition) is 2. The van der Waals surface area contributed by atoms with Gasteiger partial charge in [-0.25, -0.2) is 0 Å². The maximum absolute atomic E-state index is 3.35. The van der Waals surface area contributed by atoms with E-state index in [1.165, 1.54) is 11.4 Å². The van der Waals surface area contributed by atoms with Crippen LogP contribution in [0.1, 0.15) is 17.7 Å². The van der Waals surface area contributed by atoms with Gasteiger partial charge in [0.25, 0.3) is 0 Å². The second kappa shape index (κ2) is 2.36. The summed E-state index contributed by atoms with van der Waals surface area (Å²) in [5.74, 6) is 0.792. The quantitative estimate of drug-likeness (QED) is 0.649. The largest absolute Gasteiger partial charge is 0.313 e. The molecule has 2 atom stereocenters. The van der Waals surface area contributed by atoms with E-state index in [9.17, 15) is 0 Å². The fraction of sp³-hybridized carbons (Fsp3) is 0.500. The summed E-state index contributed by atoms with van der Waals surface area (Å²) in [6, 6.07) is 5.05. The normalized spacial score (nSPS) is 31.7. The number of hydrogen-bond donors (Lipinski definition) is 1. The van der Waals surface area contributed by atoms with Gasteiger partial charge in [0.05, 0.1) is 0 Å². The highest BCUT2D eigenvalue weighted by Crippen LogP contribution is 2.28. The summed E-state index contributed by atoms with van der Waals surface area (Å²) in [5.41, 5.74) is 0. The molecule has 0 aromatic carbocycles. The van der Waals surface area contributed by atoms with Crippen LogP contribution in [0.3, 0.4) is 0 Å². The third kappa shape index (κ3) is 0.879. The first-order chi connectivity index (χ1) is 4.88. The maximum atomic E-state index is 3.35. The van der Waals surface area contributed by atoms with Crippen molar-refractivity contribution in [1.82, 2.24) is 5.32 Å². The van der Waals surface area contributed by atoms with Gasteiger partial charge >= 0.3 is 0 Å². The van der Waals surface area contributed by atoms with Crippen LogP contribution in [0.4, 0.5) is 0 Å². The molecule has 0 amide bonds. The molecule has 2 heterocycles. The van der Waals surface area contributed by atoms with Crippen molar-refractivity contribution in [3.8, 4) is 0 Å². The minimum absolute atomic E-state index is 0.693. The van der Waals surface area contributed by atoms with Crippen molar-refractivity contribution in [2.75, 3.05) is 6.54 Å². The van der Waals surface area contributed by atoms with E-state index in [1.807, 2.05) is 11.3 Å². The zero-order chi connectivity index (χ0) is 6.97. The molecule has 2 heteroatoms. The molecule has 1 fully saturated rings. The van der Waals surface area contributed by atoms with Gasteiger partial charge in [-0.05, 0) is 18.4 Å². The van der Waals surface area contributed by atoms with Gasteiger partial charge in [0, 0.05) is 23.4 Å². The molecule has 0 spiro atoms. The zero-order valence-corrected chi connectivity index (χ0v) is 6.82. The average Bonchev–Trinajstić information content (AvgIpc) is 2.37. The summed E-state index contributed by atoms with van der Waals surface area (Å²) in [5, 5.41) is 5.51. The molecule has 0 bridgehead atoms. The van der Waals surface area contributed by atoms with Gasteiger partial charge in [-0.1, -0.05) is 6.07 Å². The Morgan fingerprint density at radius 3 is 3.00 bits per heavy atom. The second-order valence-corrected chi connectivity index (χ2v) is 3.80. The fourth-order valence-electron chi connectivity index (χ4n) is 1.32. The predicted molar refractivity (Wildman–Crippen MR) is 44.5 cm³/mol. The number of nitrogens with one attached hydrogen (secondary N) is 1. The first-order valence-electron chi connectivity index (χ1n) is 3.65. The summed E-state index contributed by atoms with van der Waals surface area (Å²) in [4.78, 5) is 1.53. The molecule has 54 valence electrons. The minimum Gasteiger partial charge on any atom is -0.313 e. The lowest BCUT2D eigenvalue weighted by atomic mass is 9.92. The first kappa shape index (κ1) is 6.38. The molecule has 1 saturated heterocycles. The van der Waals surface area contributed by atoms with Crippen LogP contribution in [0.25, 0.3) is 0 Å². The molecule has 1 N–H and O–H groups in total. The first-order valence-corrected chi connectivity index (χ1v) is 4.52. The van der Waals surface area contributed by atoms with Crippen LogP contribution >= 0.6 is 11.3 Å². The Morgan fingerprint density at radius 2 is 2.60 bits per heavy atom. The highest BCUT2D eigenvalue weighted by Gasteiger charge is 2.27. The predicted octanol–water partition coefficient (Wildman–Crippen LogP) is 1.82. The number of thiophene rings is 1. The van der Waals surface area contributed by atoms with Gasteiger partial charge in [0.1, 0.15) is 0 Å². The molecule has 2 rings (SSSR count). The van der Waals surface area contributed by atoms with Gasteiger partial charge in [0.15, 0.2) is 0 Å². The van der Waals surface area contributed by atoms with E-state index in [2.05, 4.69) is 29.8 Å². The Kier molecular flexibility index (Phi) is 1.51. The van der Waals surface area contributed by atoms with E-state index < -0.39 is 0 Å². The van der Waals surface area contributed by atoms with Gasteiger partial charge in [0.2, 0.25) is 0 Å². The molecule has 0 saturated carbocycles. The number of rotatable bonds is 1. The van der Waals surface area contributed by atoms with Crippen LogP contribution in [0.2, 0.25) is 0 Å². The molecular weight excluding hydrogens is 142 g/mol. The van der Waals surface area contributed by atoms with Crippen LogP contribution in [-0.4, -0.2) is 12.6 Å². The van der Waals surface area contributed by atoms with E-state index in [0.29, 0.717) is 6.04 Å². The molecule has 10 heavy (non-hydrogen) atoms. The third-order valence-corrected chi connectivity index (χ3v) is 3.18. The Labute approximate surface area is 65.1 Å². The van der Waals surface area contributed by atoms with Crippen molar-refractivity contribution in [3.63, 3.8) is 0 Å². The molecule has 1 aromatic rings. The summed E-state index contributed by atoms with van der Waals surface area (Å²) in [6.45, 7) is 3.41. The third-order valence-electron chi connectivity index (χ3n) is 2.17. The molecular formula is C8H11NS. The monoisotopic (exact) mass is 153 g/mol. The SMILES string of the molecule is CC1NCC1c1cccs1. The summed E-state index contributed by atoms with van der Waals surface area (Å²) < 4.78 is 0. The summed E-state index contributed by atoms with van der Waals surface area (Å²) >= 11 is 1.87. The van der Waals surface area contributed by atoms with Crippen molar-refractivity contribution >= 4 is 11.3 Å². The Balaban J connectivity index is 2.14. The van der Waals surface area contributed by atoms with Crippen molar-refractivity contribution in [1.29, 1.82) is 0 Å². The Hall–Kier alpha value is -0.340. The second-order valence-electron chi connectivity index (χ2n) is 2.82. The maximum Gasteiger partial charge on any atom is 0.0209 e. The van der Waals surface area contributed by atoms with E-state index >= 15 is 0 Å². The van der Waals surface area contributed by atoms with Crippen LogP contribution in [-0.2, 0) is 0 Å². The van der Waals surface area contributed by atoms with Crippen molar-refractivity contribution in [2.24, 2.45) is 0 Å². The van der Waals surface area contributed by atoms with Crippen molar-refractivity contribution in [3.05, 3.63) is 22.4 Å². The lowest BCUT2D eigenvalue weighted by molar-refractivity contribution is 0.338. The van der Waals surface area contributed by atoms with Crippen molar-refractivity contribution < 1.29 is 0 Å². The van der Waals surface area contributed by atoms with Crippen LogP contribution in [0, 0.1) is 0 Å². The highest BCUT2D eigenvalue weighted by molar-refractivity contribution is 7.10. The smallest absolute Gasteiger partial charge is 0.0209 e. The Bertz CT molecular complexity index is 205. The van der Waals surface area contributed by atoms with E-state index in [4.69, 9.17) is 0 Å². The minimum atomic E-state index is 0.693. The average molecular weight is 153 g/mol. The van der Waals surface area contributed by atoms with Crippen LogP contribution < -0.4 is 5.32 Å². The lowest BCUT2D eigenvalue weighted by Crippen LogP contribution is -2.48. The van der Waals surface area contributed by atoms with Gasteiger partial charge in [-0.2, -0.15) is 0 Å². The molecule has 0 aliphatic carbocycles. The molecule has 2 unspecified atom stereocenters. The molecule has 1 aliphatic heterocycles. The lowest BCUT2D eigenvalue weighted by Gasteiger charge is -2.34. The molecule has 1 aliphatic rings. The molecule has 1 nitrogen and oxygen atoms in total. The van der Waals surface area contributed by atoms with E-state index in [0.717, 1.165) is 5.92 Å². The zero-order valence-electron chi connectivity index (χ0n) is 6.00. The standard InChI is InChI=1S/C8H11NS/c1-6-7(5-9-6)8-3-2-4-10-8/h2-4,6-7,9H,5H2,1H3. The molecule has 1 aromatic heterocycles. The summed E-state index contributed by atoms with van der Waals surface area (Å²) in [6.07, 6.45) is 0. The van der Waals surface area contributed by atoms with Gasteiger partial charge in [-0.3, -0.25) is 0 Å². The van der Waals surface area contributed by atoms with E-state index in [1.54, 1.807) is 0 Å². The van der Waals surface area contributed by atoms with Gasteiger partial charge < -0.3 is 5.32 Å². The van der Waals surface area contributed by atoms with Crippen LogP contribution in [0.15, 0.2) is 17.5 Å².